The number of aromatic nitrogens is 1. The molecule has 0 saturated heterocycles. The molecule has 1 N–H and O–H groups in total. The van der Waals surface area contributed by atoms with E-state index in [4.69, 9.17) is 10.00 Å². The van der Waals surface area contributed by atoms with E-state index >= 15 is 0 Å². The molecule has 0 aliphatic rings. The molecular formula is C16H26N4O2. The standard InChI is InChI=1S/C16H26N4O2/c1-16(2,3)22-15(21)19(4)8-6-7-18-11-13-9-14(10-17)20(5)12-13/h9,12,18H,6-8,11H2,1-5H3. The lowest BCUT2D eigenvalue weighted by Crippen LogP contribution is -2.35. The lowest BCUT2D eigenvalue weighted by Gasteiger charge is -2.24. The molecule has 0 saturated carbocycles. The second-order valence-corrected chi connectivity index (χ2v) is 6.39. The summed E-state index contributed by atoms with van der Waals surface area (Å²) in [6.45, 7) is 7.72. The minimum atomic E-state index is -0.463. The second-order valence-electron chi connectivity index (χ2n) is 6.39. The van der Waals surface area contributed by atoms with Crippen LogP contribution >= 0.6 is 0 Å². The lowest BCUT2D eigenvalue weighted by molar-refractivity contribution is 0.0297. The van der Waals surface area contributed by atoms with Gasteiger partial charge in [0.1, 0.15) is 17.4 Å². The van der Waals surface area contributed by atoms with Gasteiger partial charge >= 0.3 is 6.09 Å². The van der Waals surface area contributed by atoms with Crippen molar-refractivity contribution in [3.05, 3.63) is 23.5 Å². The summed E-state index contributed by atoms with van der Waals surface area (Å²) in [6, 6.07) is 4.02. The summed E-state index contributed by atoms with van der Waals surface area (Å²) < 4.78 is 7.10. The minimum Gasteiger partial charge on any atom is -0.444 e. The van der Waals surface area contributed by atoms with Crippen LogP contribution in [0.4, 0.5) is 4.79 Å². The Labute approximate surface area is 132 Å². The molecule has 0 aliphatic heterocycles. The Hall–Kier alpha value is -2.00. The molecular weight excluding hydrogens is 280 g/mol. The largest absolute Gasteiger partial charge is 0.444 e. The van der Waals surface area contributed by atoms with Gasteiger partial charge in [0, 0.05) is 33.4 Å². The normalized spacial score (nSPS) is 11.1. The van der Waals surface area contributed by atoms with Gasteiger partial charge in [-0.2, -0.15) is 5.26 Å². The van der Waals surface area contributed by atoms with E-state index in [9.17, 15) is 4.79 Å². The van der Waals surface area contributed by atoms with Crippen LogP contribution < -0.4 is 5.32 Å². The van der Waals surface area contributed by atoms with Gasteiger partial charge in [-0.25, -0.2) is 4.79 Å². The summed E-state index contributed by atoms with van der Waals surface area (Å²) >= 11 is 0. The van der Waals surface area contributed by atoms with E-state index in [1.807, 2.05) is 44.6 Å². The quantitative estimate of drug-likeness (QED) is 0.818. The Morgan fingerprint density at radius 1 is 1.50 bits per heavy atom. The van der Waals surface area contributed by atoms with Gasteiger partial charge in [-0.1, -0.05) is 0 Å². The number of nitrogens with one attached hydrogen (secondary N) is 1. The van der Waals surface area contributed by atoms with Gasteiger partial charge in [0.25, 0.3) is 0 Å². The van der Waals surface area contributed by atoms with Gasteiger partial charge in [0.05, 0.1) is 0 Å². The number of nitrogens with zero attached hydrogens (tertiary/aromatic N) is 3. The molecule has 0 bridgehead atoms. The van der Waals surface area contributed by atoms with Crippen LogP contribution in [0.25, 0.3) is 0 Å². The number of carbonyl (C=O) groups is 1. The molecule has 6 heteroatoms. The first-order valence-corrected chi connectivity index (χ1v) is 7.43. The van der Waals surface area contributed by atoms with Crippen molar-refractivity contribution in [2.24, 2.45) is 7.05 Å². The van der Waals surface area contributed by atoms with E-state index < -0.39 is 5.60 Å². The molecule has 0 fully saturated rings. The Balaban J connectivity index is 2.22. The van der Waals surface area contributed by atoms with Crippen LogP contribution in [0.1, 0.15) is 38.4 Å². The van der Waals surface area contributed by atoms with Gasteiger partial charge in [-0.3, -0.25) is 0 Å². The summed E-state index contributed by atoms with van der Waals surface area (Å²) in [5, 5.41) is 12.2. The fraction of sp³-hybridized carbons (Fsp3) is 0.625. The first kappa shape index (κ1) is 18.1. The number of hydrogen-bond acceptors (Lipinski definition) is 4. The molecule has 1 aromatic heterocycles. The molecule has 0 radical (unpaired) electrons. The fourth-order valence-electron chi connectivity index (χ4n) is 1.95. The maximum Gasteiger partial charge on any atom is 0.410 e. The summed E-state index contributed by atoms with van der Waals surface area (Å²) in [6.07, 6.45) is 2.49. The highest BCUT2D eigenvalue weighted by Gasteiger charge is 2.18. The van der Waals surface area contributed by atoms with Crippen molar-refractivity contribution in [2.75, 3.05) is 20.1 Å². The Bertz CT molecular complexity index is 537. The zero-order valence-electron chi connectivity index (χ0n) is 14.1. The number of rotatable bonds is 6. The third kappa shape index (κ3) is 6.19. The average Bonchev–Trinajstić information content (AvgIpc) is 2.76. The van der Waals surface area contributed by atoms with Gasteiger partial charge in [-0.15, -0.1) is 0 Å². The second kappa shape index (κ2) is 7.85. The molecule has 1 amide bonds. The predicted molar refractivity (Wildman–Crippen MR) is 85.3 cm³/mol. The lowest BCUT2D eigenvalue weighted by atomic mass is 10.2. The van der Waals surface area contributed by atoms with Gasteiger partial charge in [0.2, 0.25) is 0 Å². The van der Waals surface area contributed by atoms with E-state index in [1.54, 1.807) is 11.9 Å². The van der Waals surface area contributed by atoms with Crippen molar-refractivity contribution in [2.45, 2.75) is 39.3 Å². The topological polar surface area (TPSA) is 70.3 Å². The van der Waals surface area contributed by atoms with Crippen molar-refractivity contribution < 1.29 is 9.53 Å². The van der Waals surface area contributed by atoms with Crippen LogP contribution in [0.5, 0.6) is 0 Å². The number of ether oxygens (including phenoxy) is 1. The van der Waals surface area contributed by atoms with Crippen molar-refractivity contribution in [1.29, 1.82) is 5.26 Å². The molecule has 22 heavy (non-hydrogen) atoms. The summed E-state index contributed by atoms with van der Waals surface area (Å²) in [4.78, 5) is 13.4. The molecule has 1 rings (SSSR count). The number of aryl methyl sites for hydroxylation is 1. The molecule has 0 spiro atoms. The Morgan fingerprint density at radius 3 is 2.73 bits per heavy atom. The van der Waals surface area contributed by atoms with Crippen LogP contribution in [0, 0.1) is 11.3 Å². The van der Waals surface area contributed by atoms with E-state index in [-0.39, 0.29) is 6.09 Å². The monoisotopic (exact) mass is 306 g/mol. The third-order valence-electron chi connectivity index (χ3n) is 3.06. The van der Waals surface area contributed by atoms with E-state index in [0.29, 0.717) is 18.8 Å². The van der Waals surface area contributed by atoms with Crippen molar-refractivity contribution in [3.8, 4) is 6.07 Å². The molecule has 0 aromatic carbocycles. The number of amides is 1. The molecule has 0 unspecified atom stereocenters. The minimum absolute atomic E-state index is 0.297. The third-order valence-corrected chi connectivity index (χ3v) is 3.06. The van der Waals surface area contributed by atoms with Crippen molar-refractivity contribution in [3.63, 3.8) is 0 Å². The van der Waals surface area contributed by atoms with E-state index in [2.05, 4.69) is 11.4 Å². The average molecular weight is 306 g/mol. The highest BCUT2D eigenvalue weighted by molar-refractivity contribution is 5.67. The van der Waals surface area contributed by atoms with Crippen LogP contribution in [-0.4, -0.2) is 41.3 Å². The molecule has 6 nitrogen and oxygen atoms in total. The highest BCUT2D eigenvalue weighted by atomic mass is 16.6. The number of hydrogen-bond donors (Lipinski definition) is 1. The maximum atomic E-state index is 11.8. The van der Waals surface area contributed by atoms with Crippen molar-refractivity contribution in [1.82, 2.24) is 14.8 Å². The predicted octanol–water partition coefficient (Wildman–Crippen LogP) is 2.24. The number of carbonyl (C=O) groups excluding carboxylic acids is 1. The summed E-state index contributed by atoms with van der Waals surface area (Å²) in [5.41, 5.74) is 1.27. The fourth-order valence-corrected chi connectivity index (χ4v) is 1.95. The van der Waals surface area contributed by atoms with Gasteiger partial charge in [-0.05, 0) is 45.4 Å². The van der Waals surface area contributed by atoms with Crippen LogP contribution in [-0.2, 0) is 18.3 Å². The molecule has 0 atom stereocenters. The number of nitriles is 1. The molecule has 1 aromatic rings. The molecule has 1 heterocycles. The maximum absolute atomic E-state index is 11.8. The Morgan fingerprint density at radius 2 is 2.18 bits per heavy atom. The highest BCUT2D eigenvalue weighted by Crippen LogP contribution is 2.09. The van der Waals surface area contributed by atoms with Crippen LogP contribution in [0.15, 0.2) is 12.3 Å². The Kier molecular flexibility index (Phi) is 6.44. The molecule has 122 valence electrons. The first-order chi connectivity index (χ1) is 10.2. The summed E-state index contributed by atoms with van der Waals surface area (Å²) in [7, 11) is 3.60. The zero-order valence-corrected chi connectivity index (χ0v) is 14.1. The summed E-state index contributed by atoms with van der Waals surface area (Å²) in [5.74, 6) is 0. The van der Waals surface area contributed by atoms with Gasteiger partial charge in [0.15, 0.2) is 0 Å². The van der Waals surface area contributed by atoms with Crippen LogP contribution in [0.3, 0.4) is 0 Å². The first-order valence-electron chi connectivity index (χ1n) is 7.43. The molecule has 0 aliphatic carbocycles. The zero-order chi connectivity index (χ0) is 16.8. The SMILES string of the molecule is CN(CCCNCc1cc(C#N)n(C)c1)C(=O)OC(C)(C)C. The van der Waals surface area contributed by atoms with E-state index in [0.717, 1.165) is 18.5 Å². The van der Waals surface area contributed by atoms with Crippen LogP contribution in [0.2, 0.25) is 0 Å². The van der Waals surface area contributed by atoms with Gasteiger partial charge < -0.3 is 19.5 Å². The smallest absolute Gasteiger partial charge is 0.410 e. The van der Waals surface area contributed by atoms with E-state index in [1.165, 1.54) is 0 Å². The van der Waals surface area contributed by atoms with Crippen molar-refractivity contribution >= 4 is 6.09 Å².